The summed E-state index contributed by atoms with van der Waals surface area (Å²) in [6, 6.07) is 7.29. The predicted molar refractivity (Wildman–Crippen MR) is 118 cm³/mol. The number of aliphatic hydroxyl groups is 1. The van der Waals surface area contributed by atoms with Crippen molar-refractivity contribution < 1.29 is 14.6 Å². The Balaban J connectivity index is 2.41. The van der Waals surface area contributed by atoms with Crippen LogP contribution in [0.3, 0.4) is 0 Å². The van der Waals surface area contributed by atoms with Crippen molar-refractivity contribution in [3.8, 4) is 5.75 Å². The third kappa shape index (κ3) is 10.5. The molecule has 4 heteroatoms. The van der Waals surface area contributed by atoms with E-state index < -0.39 is 0 Å². The summed E-state index contributed by atoms with van der Waals surface area (Å²) < 4.78 is 5.84. The van der Waals surface area contributed by atoms with Crippen molar-refractivity contribution in [2.75, 3.05) is 26.2 Å². The van der Waals surface area contributed by atoms with Crippen LogP contribution in [-0.4, -0.2) is 42.0 Å². The molecule has 1 aromatic rings. The average Bonchev–Trinajstić information content (AvgIpc) is 2.71. The van der Waals surface area contributed by atoms with Gasteiger partial charge in [0.1, 0.15) is 11.5 Å². The van der Waals surface area contributed by atoms with Crippen LogP contribution in [-0.2, 0) is 4.79 Å². The van der Waals surface area contributed by atoms with E-state index in [9.17, 15) is 9.90 Å². The van der Waals surface area contributed by atoms with Gasteiger partial charge in [-0.1, -0.05) is 40.0 Å². The van der Waals surface area contributed by atoms with Gasteiger partial charge in [-0.05, 0) is 63.0 Å². The number of carbonyl (C=O) groups excluding carboxylic acids is 1. The Morgan fingerprint density at radius 3 is 2.07 bits per heavy atom. The molecule has 0 aliphatic rings. The summed E-state index contributed by atoms with van der Waals surface area (Å²) in [6.45, 7) is 10.6. The minimum Gasteiger partial charge on any atom is -0.507 e. The highest BCUT2D eigenvalue weighted by Gasteiger charge is 2.06. The highest BCUT2D eigenvalue weighted by molar-refractivity contribution is 5.95. The summed E-state index contributed by atoms with van der Waals surface area (Å²) in [6.07, 6.45) is 9.61. The van der Waals surface area contributed by atoms with Gasteiger partial charge in [0.05, 0.1) is 6.61 Å². The number of ketones is 1. The Kier molecular flexibility index (Phi) is 13.1. The van der Waals surface area contributed by atoms with Gasteiger partial charge in [-0.15, -0.1) is 0 Å². The van der Waals surface area contributed by atoms with Crippen LogP contribution in [0.25, 0.3) is 5.76 Å². The first-order chi connectivity index (χ1) is 13.6. The van der Waals surface area contributed by atoms with Crippen LogP contribution in [0.5, 0.6) is 5.75 Å². The van der Waals surface area contributed by atoms with Gasteiger partial charge in [0.15, 0.2) is 5.78 Å². The SMILES string of the molecule is CCCCC(=O)/C=C(/O)c1ccc(OCCCN(CCCC)CCCC)cc1. The van der Waals surface area contributed by atoms with Crippen molar-refractivity contribution in [1.29, 1.82) is 0 Å². The lowest BCUT2D eigenvalue weighted by molar-refractivity contribution is -0.114. The van der Waals surface area contributed by atoms with Crippen molar-refractivity contribution in [2.45, 2.75) is 72.1 Å². The number of unbranched alkanes of at least 4 members (excludes halogenated alkanes) is 3. The maximum atomic E-state index is 11.7. The molecule has 0 bridgehead atoms. The number of ether oxygens (including phenoxy) is 1. The Hall–Kier alpha value is -1.81. The number of allylic oxidation sites excluding steroid dienone is 1. The third-order valence-electron chi connectivity index (χ3n) is 4.77. The number of carbonyl (C=O) groups is 1. The lowest BCUT2D eigenvalue weighted by Gasteiger charge is -2.21. The van der Waals surface area contributed by atoms with Gasteiger partial charge in [0, 0.05) is 24.6 Å². The van der Waals surface area contributed by atoms with Crippen molar-refractivity contribution in [3.05, 3.63) is 35.9 Å². The van der Waals surface area contributed by atoms with Gasteiger partial charge in [0.25, 0.3) is 0 Å². The lowest BCUT2D eigenvalue weighted by atomic mass is 10.1. The van der Waals surface area contributed by atoms with E-state index in [2.05, 4.69) is 18.7 Å². The van der Waals surface area contributed by atoms with E-state index in [-0.39, 0.29) is 11.5 Å². The zero-order valence-corrected chi connectivity index (χ0v) is 18.1. The number of nitrogens with zero attached hydrogens (tertiary/aromatic N) is 1. The molecule has 1 rings (SSSR count). The van der Waals surface area contributed by atoms with Crippen LogP contribution in [0.1, 0.15) is 77.7 Å². The van der Waals surface area contributed by atoms with Crippen LogP contribution in [0.2, 0.25) is 0 Å². The van der Waals surface area contributed by atoms with E-state index in [0.29, 0.717) is 18.6 Å². The highest BCUT2D eigenvalue weighted by Crippen LogP contribution is 2.18. The molecule has 0 unspecified atom stereocenters. The maximum absolute atomic E-state index is 11.7. The van der Waals surface area contributed by atoms with Gasteiger partial charge in [0.2, 0.25) is 0 Å². The Bertz CT molecular complexity index is 558. The molecule has 0 saturated heterocycles. The molecule has 4 nitrogen and oxygen atoms in total. The minimum absolute atomic E-state index is 0.0233. The van der Waals surface area contributed by atoms with Crippen LogP contribution in [0.15, 0.2) is 30.3 Å². The molecule has 0 aromatic heterocycles. The first-order valence-corrected chi connectivity index (χ1v) is 11.0. The second-order valence-corrected chi connectivity index (χ2v) is 7.37. The average molecular weight is 390 g/mol. The Morgan fingerprint density at radius 2 is 1.50 bits per heavy atom. The Morgan fingerprint density at radius 1 is 0.929 bits per heavy atom. The van der Waals surface area contributed by atoms with E-state index >= 15 is 0 Å². The summed E-state index contributed by atoms with van der Waals surface area (Å²) >= 11 is 0. The molecule has 0 spiro atoms. The summed E-state index contributed by atoms with van der Waals surface area (Å²) in [5.74, 6) is 0.785. The summed E-state index contributed by atoms with van der Waals surface area (Å²) in [5, 5.41) is 10.1. The van der Waals surface area contributed by atoms with Gasteiger partial charge in [-0.3, -0.25) is 4.79 Å². The van der Waals surface area contributed by atoms with Crippen molar-refractivity contribution in [1.82, 2.24) is 4.90 Å². The van der Waals surface area contributed by atoms with Crippen LogP contribution in [0, 0.1) is 0 Å². The van der Waals surface area contributed by atoms with Crippen LogP contribution in [0.4, 0.5) is 0 Å². The van der Waals surface area contributed by atoms with Crippen molar-refractivity contribution in [3.63, 3.8) is 0 Å². The molecule has 158 valence electrons. The standard InChI is InChI=1S/C24H39NO3/c1-4-7-11-22(26)20-24(27)21-12-14-23(15-13-21)28-19-10-18-25(16-8-5-2)17-9-6-3/h12-15,20,27H,4-11,16-19H2,1-3H3/b24-20+. The minimum atomic E-state index is -0.0321. The van der Waals surface area contributed by atoms with E-state index in [4.69, 9.17) is 4.74 Å². The summed E-state index contributed by atoms with van der Waals surface area (Å²) in [5.41, 5.74) is 0.641. The first-order valence-electron chi connectivity index (χ1n) is 11.0. The molecule has 1 aromatic carbocycles. The second-order valence-electron chi connectivity index (χ2n) is 7.37. The molecule has 0 aliphatic carbocycles. The molecule has 0 saturated carbocycles. The fraction of sp³-hybridized carbons (Fsp3) is 0.625. The third-order valence-corrected chi connectivity index (χ3v) is 4.77. The summed E-state index contributed by atoms with van der Waals surface area (Å²) in [4.78, 5) is 14.3. The first kappa shape index (κ1) is 24.2. The lowest BCUT2D eigenvalue weighted by Crippen LogP contribution is -2.28. The molecule has 0 atom stereocenters. The molecule has 0 fully saturated rings. The number of hydrogen-bond donors (Lipinski definition) is 1. The van der Waals surface area contributed by atoms with Crippen LogP contribution >= 0.6 is 0 Å². The predicted octanol–water partition coefficient (Wildman–Crippen LogP) is 6.02. The Labute approximate surface area is 171 Å². The van der Waals surface area contributed by atoms with E-state index in [1.54, 1.807) is 12.1 Å². The quantitative estimate of drug-likeness (QED) is 0.213. The number of benzene rings is 1. The molecule has 0 amide bonds. The molecule has 28 heavy (non-hydrogen) atoms. The normalized spacial score (nSPS) is 11.8. The maximum Gasteiger partial charge on any atom is 0.159 e. The van der Waals surface area contributed by atoms with Crippen molar-refractivity contribution >= 4 is 11.5 Å². The topological polar surface area (TPSA) is 49.8 Å². The van der Waals surface area contributed by atoms with Gasteiger partial charge in [-0.25, -0.2) is 0 Å². The van der Waals surface area contributed by atoms with Crippen molar-refractivity contribution in [2.24, 2.45) is 0 Å². The monoisotopic (exact) mass is 389 g/mol. The molecule has 0 radical (unpaired) electrons. The van der Waals surface area contributed by atoms with E-state index in [1.807, 2.05) is 19.1 Å². The smallest absolute Gasteiger partial charge is 0.159 e. The zero-order chi connectivity index (χ0) is 20.6. The molecule has 1 N–H and O–H groups in total. The van der Waals surface area contributed by atoms with Gasteiger partial charge >= 0.3 is 0 Å². The van der Waals surface area contributed by atoms with Crippen LogP contribution < -0.4 is 4.74 Å². The fourth-order valence-electron chi connectivity index (χ4n) is 2.96. The van der Waals surface area contributed by atoms with E-state index in [0.717, 1.165) is 31.6 Å². The molecule has 0 aliphatic heterocycles. The highest BCUT2D eigenvalue weighted by atomic mass is 16.5. The summed E-state index contributed by atoms with van der Waals surface area (Å²) in [7, 11) is 0. The zero-order valence-electron chi connectivity index (χ0n) is 18.1. The van der Waals surface area contributed by atoms with E-state index in [1.165, 1.54) is 44.8 Å². The molecular weight excluding hydrogens is 350 g/mol. The largest absolute Gasteiger partial charge is 0.507 e. The van der Waals surface area contributed by atoms with Gasteiger partial charge < -0.3 is 14.7 Å². The van der Waals surface area contributed by atoms with Gasteiger partial charge in [-0.2, -0.15) is 0 Å². The number of hydrogen-bond acceptors (Lipinski definition) is 4. The number of rotatable bonds is 16. The molecule has 0 heterocycles. The second kappa shape index (κ2) is 15.2. The number of aliphatic hydroxyl groups excluding tert-OH is 1. The molecular formula is C24H39NO3. The fourth-order valence-corrected chi connectivity index (χ4v) is 2.96.